The van der Waals surface area contributed by atoms with Crippen molar-refractivity contribution >= 4 is 35.1 Å². The first-order chi connectivity index (χ1) is 17.0. The van der Waals surface area contributed by atoms with E-state index in [2.05, 4.69) is 35.5 Å². The lowest BCUT2D eigenvalue weighted by molar-refractivity contribution is -0.330. The average molecular weight is 532 g/mol. The Morgan fingerprint density at radius 3 is 2.81 bits per heavy atom. The Balaban J connectivity index is 1.26. The Morgan fingerprint density at radius 1 is 1.31 bits per heavy atom. The maximum atomic E-state index is 15.1. The number of anilines is 2. The molecule has 15 heteroatoms. The average Bonchev–Trinajstić information content (AvgIpc) is 3.12. The first-order valence-corrected chi connectivity index (χ1v) is 11.6. The number of imidazole rings is 1. The van der Waals surface area contributed by atoms with E-state index < -0.39 is 37.3 Å². The van der Waals surface area contributed by atoms with Gasteiger partial charge < -0.3 is 15.4 Å². The van der Waals surface area contributed by atoms with Crippen LogP contribution in [0, 0.1) is 0 Å². The van der Waals surface area contributed by atoms with Gasteiger partial charge in [0.2, 0.25) is 5.95 Å². The van der Waals surface area contributed by atoms with Crippen molar-refractivity contribution in [1.29, 1.82) is 0 Å². The van der Waals surface area contributed by atoms with Crippen LogP contribution >= 0.6 is 11.6 Å². The number of nitrogens with zero attached hydrogens (tertiary/aromatic N) is 4. The number of amides is 1. The SMILES string of the molecule is CC1(NC(=O)O[C@H]2CC[C@@H](c3cc(Nc4nc(Cl)cc5nc(COC(F)(F)F)cn45)n[nH]3)[C@H]2F)CC1. The fourth-order valence-corrected chi connectivity index (χ4v) is 4.30. The molecule has 2 saturated carbocycles. The molecule has 36 heavy (non-hydrogen) atoms. The summed E-state index contributed by atoms with van der Waals surface area (Å²) in [5.41, 5.74) is 0.492. The summed E-state index contributed by atoms with van der Waals surface area (Å²) in [6, 6.07) is 2.97. The first kappa shape index (κ1) is 24.6. The van der Waals surface area contributed by atoms with Crippen molar-refractivity contribution in [2.75, 3.05) is 5.32 Å². The minimum Gasteiger partial charge on any atom is -0.443 e. The highest BCUT2D eigenvalue weighted by Gasteiger charge is 2.43. The van der Waals surface area contributed by atoms with E-state index in [0.29, 0.717) is 18.5 Å². The Hall–Kier alpha value is -3.13. The number of hydrogen-bond acceptors (Lipinski definition) is 7. The number of ether oxygens (including phenoxy) is 2. The molecule has 3 aromatic rings. The topological polar surface area (TPSA) is 118 Å². The molecule has 0 aromatic carbocycles. The summed E-state index contributed by atoms with van der Waals surface area (Å²) in [5.74, 6) is -0.149. The summed E-state index contributed by atoms with van der Waals surface area (Å²) in [6.07, 6.45) is -3.83. The zero-order valence-electron chi connectivity index (χ0n) is 18.9. The van der Waals surface area contributed by atoms with E-state index >= 15 is 4.39 Å². The zero-order valence-corrected chi connectivity index (χ0v) is 19.7. The molecule has 3 N–H and O–H groups in total. The van der Waals surface area contributed by atoms with Crippen LogP contribution < -0.4 is 10.6 Å². The highest BCUT2D eigenvalue weighted by atomic mass is 35.5. The number of hydrogen-bond donors (Lipinski definition) is 3. The Morgan fingerprint density at radius 2 is 2.08 bits per heavy atom. The minimum absolute atomic E-state index is 0.0131. The van der Waals surface area contributed by atoms with Crippen LogP contribution in [0.5, 0.6) is 0 Å². The first-order valence-electron chi connectivity index (χ1n) is 11.2. The molecule has 0 aliphatic heterocycles. The number of alkyl carbamates (subject to hydrolysis) is 1. The van der Waals surface area contributed by atoms with E-state index in [1.807, 2.05) is 6.92 Å². The Labute approximate surface area is 206 Å². The van der Waals surface area contributed by atoms with Crippen molar-refractivity contribution in [1.82, 2.24) is 29.9 Å². The highest BCUT2D eigenvalue weighted by molar-refractivity contribution is 6.29. The summed E-state index contributed by atoms with van der Waals surface area (Å²) in [6.45, 7) is 1.12. The van der Waals surface area contributed by atoms with Crippen LogP contribution in [0.3, 0.4) is 0 Å². The van der Waals surface area contributed by atoms with E-state index in [0.717, 1.165) is 12.8 Å². The largest absolute Gasteiger partial charge is 0.522 e. The van der Waals surface area contributed by atoms with E-state index in [4.69, 9.17) is 16.3 Å². The van der Waals surface area contributed by atoms with E-state index in [1.54, 1.807) is 6.07 Å². The van der Waals surface area contributed by atoms with Gasteiger partial charge in [0.15, 0.2) is 5.82 Å². The van der Waals surface area contributed by atoms with Gasteiger partial charge in [-0.1, -0.05) is 11.6 Å². The molecule has 0 radical (unpaired) electrons. The van der Waals surface area contributed by atoms with Crippen molar-refractivity contribution in [2.45, 2.75) is 69.3 Å². The van der Waals surface area contributed by atoms with Crippen LogP contribution in [0.25, 0.3) is 5.65 Å². The van der Waals surface area contributed by atoms with Crippen LogP contribution in [-0.4, -0.2) is 54.8 Å². The van der Waals surface area contributed by atoms with Crippen molar-refractivity contribution in [3.8, 4) is 0 Å². The number of aromatic nitrogens is 5. The van der Waals surface area contributed by atoms with E-state index in [9.17, 15) is 18.0 Å². The Bertz CT molecular complexity index is 1280. The summed E-state index contributed by atoms with van der Waals surface area (Å²) >= 11 is 6.04. The quantitative estimate of drug-likeness (QED) is 0.297. The van der Waals surface area contributed by atoms with E-state index in [1.165, 1.54) is 16.7 Å². The van der Waals surface area contributed by atoms with Gasteiger partial charge in [0.1, 0.15) is 23.1 Å². The lowest BCUT2D eigenvalue weighted by Gasteiger charge is -2.19. The van der Waals surface area contributed by atoms with Gasteiger partial charge in [-0.05, 0) is 32.6 Å². The van der Waals surface area contributed by atoms with Gasteiger partial charge in [0, 0.05) is 35.5 Å². The van der Waals surface area contributed by atoms with Gasteiger partial charge in [-0.3, -0.25) is 14.2 Å². The number of carbonyl (C=O) groups excluding carboxylic acids is 1. The van der Waals surface area contributed by atoms with Gasteiger partial charge in [-0.2, -0.15) is 5.10 Å². The third kappa shape index (κ3) is 5.48. The van der Waals surface area contributed by atoms with Crippen LogP contribution in [-0.2, 0) is 16.1 Å². The predicted octanol–water partition coefficient (Wildman–Crippen LogP) is 4.75. The summed E-state index contributed by atoms with van der Waals surface area (Å²) in [4.78, 5) is 20.3. The molecule has 2 aliphatic carbocycles. The summed E-state index contributed by atoms with van der Waals surface area (Å²) < 4.78 is 62.7. The molecule has 0 bridgehead atoms. The lowest BCUT2D eigenvalue weighted by atomic mass is 10.0. The molecular formula is C21H22ClF4N7O3. The second-order valence-electron chi connectivity index (χ2n) is 9.19. The maximum Gasteiger partial charge on any atom is 0.522 e. The van der Waals surface area contributed by atoms with Crippen molar-refractivity contribution in [3.05, 3.63) is 34.9 Å². The molecule has 3 heterocycles. The molecule has 2 fully saturated rings. The number of fused-ring (bicyclic) bond motifs is 1. The van der Waals surface area contributed by atoms with Gasteiger partial charge >= 0.3 is 12.5 Å². The number of alkyl halides is 4. The Kier molecular flexibility index (Phi) is 6.19. The van der Waals surface area contributed by atoms with Crippen molar-refractivity contribution < 1.29 is 31.8 Å². The molecule has 0 spiro atoms. The molecule has 0 unspecified atom stereocenters. The smallest absolute Gasteiger partial charge is 0.443 e. The van der Waals surface area contributed by atoms with Gasteiger partial charge in [0.05, 0.1) is 12.3 Å². The fourth-order valence-electron chi connectivity index (χ4n) is 4.13. The standard InChI is InChI=1S/C21H22ClF4N7O3/c1-20(4-5-20)30-19(34)36-13-3-2-11(17(13)23)12-6-15(32-31-12)29-18-28-14(22)7-16-27-10(8-33(16)18)9-35-21(24,25)26/h6-8,11,13,17H,2-5,9H2,1H3,(H,30,34)(H2,28,29,31,32)/t11-,13-,17+/m0/s1. The molecule has 2 aliphatic rings. The number of rotatable bonds is 7. The summed E-state index contributed by atoms with van der Waals surface area (Å²) in [7, 11) is 0. The molecule has 194 valence electrons. The normalized spacial score (nSPS) is 23.1. The highest BCUT2D eigenvalue weighted by Crippen LogP contribution is 2.39. The second-order valence-corrected chi connectivity index (χ2v) is 9.58. The van der Waals surface area contributed by atoms with Gasteiger partial charge in [-0.25, -0.2) is 19.2 Å². The maximum absolute atomic E-state index is 15.1. The van der Waals surface area contributed by atoms with Crippen molar-refractivity contribution in [3.63, 3.8) is 0 Å². The monoisotopic (exact) mass is 531 g/mol. The number of H-pyrrole nitrogens is 1. The van der Waals surface area contributed by atoms with Crippen LogP contribution in [0.4, 0.5) is 34.1 Å². The number of carbonyl (C=O) groups is 1. The molecular weight excluding hydrogens is 510 g/mol. The second kappa shape index (κ2) is 9.07. The minimum atomic E-state index is -4.80. The number of aromatic amines is 1. The zero-order chi connectivity index (χ0) is 25.7. The molecule has 5 rings (SSSR count). The van der Waals surface area contributed by atoms with Crippen LogP contribution in [0.2, 0.25) is 5.15 Å². The molecule has 10 nitrogen and oxygen atoms in total. The van der Waals surface area contributed by atoms with E-state index in [-0.39, 0.29) is 33.8 Å². The molecule has 1 amide bonds. The third-order valence-electron chi connectivity index (χ3n) is 6.26. The van der Waals surface area contributed by atoms with Gasteiger partial charge in [-0.15, -0.1) is 13.2 Å². The summed E-state index contributed by atoms with van der Waals surface area (Å²) in [5, 5.41) is 12.6. The van der Waals surface area contributed by atoms with Crippen molar-refractivity contribution in [2.24, 2.45) is 0 Å². The molecule has 3 atom stereocenters. The van der Waals surface area contributed by atoms with Crippen LogP contribution in [0.15, 0.2) is 18.3 Å². The molecule has 3 aromatic heterocycles. The number of nitrogens with one attached hydrogen (secondary N) is 3. The molecule has 0 saturated heterocycles. The third-order valence-corrected chi connectivity index (χ3v) is 6.45. The fraction of sp³-hybridized carbons (Fsp3) is 0.524. The predicted molar refractivity (Wildman–Crippen MR) is 119 cm³/mol. The number of halogens is 5. The van der Waals surface area contributed by atoms with Crippen LogP contribution in [0.1, 0.15) is 49.9 Å². The van der Waals surface area contributed by atoms with Gasteiger partial charge in [0.25, 0.3) is 0 Å². The lowest BCUT2D eigenvalue weighted by Crippen LogP contribution is -2.38.